The van der Waals surface area contributed by atoms with Crippen molar-refractivity contribution in [1.82, 2.24) is 0 Å². The maximum atomic E-state index is 3.00. The average Bonchev–Trinajstić information content (AvgIpc) is 2.33. The van der Waals surface area contributed by atoms with E-state index in [1.54, 1.807) is 0 Å². The van der Waals surface area contributed by atoms with Gasteiger partial charge in [0.15, 0.2) is 0 Å². The maximum absolute atomic E-state index is 3.00. The molecule has 88 valence electrons. The first-order valence-electron chi connectivity index (χ1n) is 5.81. The van der Waals surface area contributed by atoms with E-state index in [1.165, 1.54) is 27.8 Å². The Balaban J connectivity index is 0.000000686. The summed E-state index contributed by atoms with van der Waals surface area (Å²) < 4.78 is 0. The summed E-state index contributed by atoms with van der Waals surface area (Å²) in [6.07, 6.45) is 0. The van der Waals surface area contributed by atoms with Crippen LogP contribution in [0.4, 0.5) is 0 Å². The molecule has 0 heteroatoms. The molecule has 0 N–H and O–H groups in total. The highest BCUT2D eigenvalue weighted by Gasteiger charge is 2.00. The third-order valence-electron chi connectivity index (χ3n) is 2.74. The molecule has 2 aromatic rings. The van der Waals surface area contributed by atoms with Gasteiger partial charge in [-0.15, -0.1) is 13.2 Å². The molecular weight excluding hydrogens is 204 g/mol. The maximum Gasteiger partial charge on any atom is -0.0155 e. The van der Waals surface area contributed by atoms with E-state index in [-0.39, 0.29) is 0 Å². The minimum atomic E-state index is 1.30. The molecule has 0 heterocycles. The summed E-state index contributed by atoms with van der Waals surface area (Å²) in [6.45, 7) is 12.4. The van der Waals surface area contributed by atoms with Gasteiger partial charge in [0.05, 0.1) is 0 Å². The Hall–Kier alpha value is -1.82. The number of rotatable bonds is 1. The molecule has 17 heavy (non-hydrogen) atoms. The molecule has 0 amide bonds. The lowest BCUT2D eigenvalue weighted by Gasteiger charge is -2.07. The van der Waals surface area contributed by atoms with Crippen molar-refractivity contribution in [2.45, 2.75) is 20.8 Å². The van der Waals surface area contributed by atoms with Crippen LogP contribution < -0.4 is 0 Å². The van der Waals surface area contributed by atoms with E-state index in [9.17, 15) is 0 Å². The lowest BCUT2D eigenvalue weighted by Crippen LogP contribution is -1.84. The highest BCUT2D eigenvalue weighted by Crippen LogP contribution is 2.24. The molecule has 0 unspecified atom stereocenters. The van der Waals surface area contributed by atoms with Gasteiger partial charge in [0.1, 0.15) is 0 Å². The summed E-state index contributed by atoms with van der Waals surface area (Å²) >= 11 is 0. The fourth-order valence-corrected chi connectivity index (χ4v) is 1.87. The van der Waals surface area contributed by atoms with E-state index in [1.807, 2.05) is 0 Å². The van der Waals surface area contributed by atoms with Gasteiger partial charge >= 0.3 is 0 Å². The molecule has 0 radical (unpaired) electrons. The Labute approximate surface area is 105 Å². The quantitative estimate of drug-likeness (QED) is 0.592. The average molecular weight is 224 g/mol. The van der Waals surface area contributed by atoms with Crippen molar-refractivity contribution < 1.29 is 0 Å². The van der Waals surface area contributed by atoms with Gasteiger partial charge in [-0.3, -0.25) is 0 Å². The fourth-order valence-electron chi connectivity index (χ4n) is 1.87. The van der Waals surface area contributed by atoms with Crippen molar-refractivity contribution in [3.63, 3.8) is 0 Å². The molecule has 0 spiro atoms. The molecule has 2 rings (SSSR count). The standard InChI is InChI=1S/C15H16.C2H4/c1-11-4-7-14(8-5-11)15-9-6-12(2)10-13(15)3;1-2/h4-10H,1-3H3;1-2H2. The number of benzene rings is 2. The predicted molar refractivity (Wildman–Crippen MR) is 77.3 cm³/mol. The van der Waals surface area contributed by atoms with Gasteiger partial charge in [-0.25, -0.2) is 0 Å². The van der Waals surface area contributed by atoms with Gasteiger partial charge in [0, 0.05) is 0 Å². The summed E-state index contributed by atoms with van der Waals surface area (Å²) in [4.78, 5) is 0. The Morgan fingerprint density at radius 1 is 0.706 bits per heavy atom. The van der Waals surface area contributed by atoms with Crippen LogP contribution in [0.25, 0.3) is 11.1 Å². The van der Waals surface area contributed by atoms with E-state index in [0.29, 0.717) is 0 Å². The van der Waals surface area contributed by atoms with Crippen molar-refractivity contribution in [2.24, 2.45) is 0 Å². The topological polar surface area (TPSA) is 0 Å². The predicted octanol–water partition coefficient (Wildman–Crippen LogP) is 5.08. The molecule has 0 aromatic heterocycles. The minimum Gasteiger partial charge on any atom is -0.106 e. The monoisotopic (exact) mass is 224 g/mol. The third kappa shape index (κ3) is 3.32. The fraction of sp³-hybridized carbons (Fsp3) is 0.176. The zero-order chi connectivity index (χ0) is 12.8. The van der Waals surface area contributed by atoms with Crippen LogP contribution in [-0.4, -0.2) is 0 Å². The Bertz CT molecular complexity index is 478. The number of aryl methyl sites for hydroxylation is 3. The second-order valence-electron chi connectivity index (χ2n) is 4.18. The van der Waals surface area contributed by atoms with Crippen LogP contribution in [0.3, 0.4) is 0 Å². The van der Waals surface area contributed by atoms with E-state index < -0.39 is 0 Å². The van der Waals surface area contributed by atoms with Crippen LogP contribution in [-0.2, 0) is 0 Å². The van der Waals surface area contributed by atoms with Gasteiger partial charge in [-0.2, -0.15) is 0 Å². The smallest absolute Gasteiger partial charge is 0.0155 e. The van der Waals surface area contributed by atoms with Crippen LogP contribution in [0.5, 0.6) is 0 Å². The molecule has 2 aromatic carbocycles. The molecule has 0 atom stereocenters. The first kappa shape index (κ1) is 13.2. The molecule has 0 fully saturated rings. The Morgan fingerprint density at radius 2 is 1.24 bits per heavy atom. The highest BCUT2D eigenvalue weighted by atomic mass is 14.1. The lowest BCUT2D eigenvalue weighted by atomic mass is 9.98. The summed E-state index contributed by atoms with van der Waals surface area (Å²) in [5, 5.41) is 0. The molecule has 0 nitrogen and oxygen atoms in total. The molecule has 0 aliphatic rings. The Morgan fingerprint density at radius 3 is 1.76 bits per heavy atom. The highest BCUT2D eigenvalue weighted by molar-refractivity contribution is 5.67. The molecule has 0 saturated heterocycles. The first-order chi connectivity index (χ1) is 8.16. The van der Waals surface area contributed by atoms with Crippen LogP contribution in [0.2, 0.25) is 0 Å². The number of hydrogen-bond acceptors (Lipinski definition) is 0. The summed E-state index contributed by atoms with van der Waals surface area (Å²) in [5.41, 5.74) is 6.62. The van der Waals surface area contributed by atoms with Crippen molar-refractivity contribution in [3.05, 3.63) is 72.3 Å². The zero-order valence-electron chi connectivity index (χ0n) is 11.0. The van der Waals surface area contributed by atoms with Crippen LogP contribution in [0.15, 0.2) is 55.6 Å². The molecular formula is C17H20. The van der Waals surface area contributed by atoms with Crippen molar-refractivity contribution in [3.8, 4) is 11.1 Å². The van der Waals surface area contributed by atoms with E-state index in [0.717, 1.165) is 0 Å². The number of hydrogen-bond donors (Lipinski definition) is 0. The Kier molecular flexibility index (Phi) is 4.71. The molecule has 0 aliphatic carbocycles. The molecule has 0 saturated carbocycles. The summed E-state index contributed by atoms with van der Waals surface area (Å²) in [5.74, 6) is 0. The lowest BCUT2D eigenvalue weighted by molar-refractivity contribution is 1.38. The summed E-state index contributed by atoms with van der Waals surface area (Å²) in [7, 11) is 0. The van der Waals surface area contributed by atoms with Gasteiger partial charge in [-0.1, -0.05) is 53.6 Å². The van der Waals surface area contributed by atoms with Crippen molar-refractivity contribution >= 4 is 0 Å². The largest absolute Gasteiger partial charge is 0.106 e. The van der Waals surface area contributed by atoms with Gasteiger partial charge in [0.25, 0.3) is 0 Å². The molecule has 0 aliphatic heterocycles. The zero-order valence-corrected chi connectivity index (χ0v) is 11.0. The minimum absolute atomic E-state index is 1.30. The third-order valence-corrected chi connectivity index (χ3v) is 2.74. The van der Waals surface area contributed by atoms with Crippen LogP contribution >= 0.6 is 0 Å². The van der Waals surface area contributed by atoms with Gasteiger partial charge in [-0.05, 0) is 37.5 Å². The van der Waals surface area contributed by atoms with Crippen molar-refractivity contribution in [1.29, 1.82) is 0 Å². The van der Waals surface area contributed by atoms with Gasteiger partial charge in [0.2, 0.25) is 0 Å². The van der Waals surface area contributed by atoms with Crippen LogP contribution in [0.1, 0.15) is 16.7 Å². The second-order valence-corrected chi connectivity index (χ2v) is 4.18. The molecule has 0 bridgehead atoms. The summed E-state index contributed by atoms with van der Waals surface area (Å²) in [6, 6.07) is 15.3. The van der Waals surface area contributed by atoms with E-state index >= 15 is 0 Å². The normalized spacial score (nSPS) is 9.35. The van der Waals surface area contributed by atoms with Crippen LogP contribution in [0, 0.1) is 20.8 Å². The first-order valence-corrected chi connectivity index (χ1v) is 5.81. The van der Waals surface area contributed by atoms with E-state index in [4.69, 9.17) is 0 Å². The van der Waals surface area contributed by atoms with Crippen molar-refractivity contribution in [2.75, 3.05) is 0 Å². The second kappa shape index (κ2) is 6.05. The van der Waals surface area contributed by atoms with Gasteiger partial charge < -0.3 is 0 Å². The van der Waals surface area contributed by atoms with E-state index in [2.05, 4.69) is 76.4 Å². The SMILES string of the molecule is C=C.Cc1ccc(-c2ccc(C)cc2C)cc1.